The number of carbonyl (C=O) groups excluding carboxylic acids is 2. The lowest BCUT2D eigenvalue weighted by molar-refractivity contribution is 0.0303. The van der Waals surface area contributed by atoms with Crippen LogP contribution in [0.3, 0.4) is 0 Å². The zero-order valence-corrected chi connectivity index (χ0v) is 17.2. The topological polar surface area (TPSA) is 63.6 Å². The van der Waals surface area contributed by atoms with E-state index >= 15 is 0 Å². The molecule has 2 heterocycles. The number of morpholine rings is 1. The Morgan fingerprint density at radius 2 is 1.53 bits per heavy atom. The molecule has 0 saturated carbocycles. The molecule has 1 N–H and O–H groups in total. The van der Waals surface area contributed by atoms with Gasteiger partial charge < -0.3 is 19.5 Å². The Balaban J connectivity index is 1.47. The van der Waals surface area contributed by atoms with Gasteiger partial charge in [-0.3, -0.25) is 9.59 Å². The van der Waals surface area contributed by atoms with Crippen molar-refractivity contribution in [1.82, 2.24) is 9.47 Å². The van der Waals surface area contributed by atoms with Crippen molar-refractivity contribution in [2.75, 3.05) is 31.6 Å². The van der Waals surface area contributed by atoms with Crippen LogP contribution in [-0.2, 0) is 4.74 Å². The Morgan fingerprint density at radius 1 is 0.867 bits per heavy atom. The average Bonchev–Trinajstić information content (AvgIpc) is 3.12. The molecule has 0 aliphatic carbocycles. The second-order valence-corrected chi connectivity index (χ2v) is 7.44. The highest BCUT2D eigenvalue weighted by Crippen LogP contribution is 2.18. The predicted molar refractivity (Wildman–Crippen MR) is 116 cm³/mol. The molecule has 3 aromatic rings. The van der Waals surface area contributed by atoms with Gasteiger partial charge in [0.05, 0.1) is 13.2 Å². The number of rotatable bonds is 4. The maximum Gasteiger partial charge on any atom is 0.255 e. The first-order chi connectivity index (χ1) is 14.5. The minimum atomic E-state index is -0.210. The summed E-state index contributed by atoms with van der Waals surface area (Å²) in [5.74, 6) is -0.255. The summed E-state index contributed by atoms with van der Waals surface area (Å²) in [5, 5.41) is 2.89. The number of nitrogens with one attached hydrogen (secondary N) is 1. The molecular formula is C24H25N3O3. The number of aromatic nitrogens is 1. The molecule has 2 aromatic carbocycles. The first kappa shape index (κ1) is 19.9. The number of hydrogen-bond donors (Lipinski definition) is 1. The highest BCUT2D eigenvalue weighted by molar-refractivity contribution is 6.05. The third-order valence-electron chi connectivity index (χ3n) is 5.32. The molecule has 1 aliphatic heterocycles. The molecule has 30 heavy (non-hydrogen) atoms. The number of anilines is 1. The molecule has 1 aromatic heterocycles. The van der Waals surface area contributed by atoms with Crippen LogP contribution in [0.25, 0.3) is 5.69 Å². The van der Waals surface area contributed by atoms with Gasteiger partial charge in [-0.05, 0) is 68.4 Å². The molecule has 0 bridgehead atoms. The van der Waals surface area contributed by atoms with Gasteiger partial charge in [0, 0.05) is 47.0 Å². The highest BCUT2D eigenvalue weighted by atomic mass is 16.5. The fraction of sp³-hybridized carbons (Fsp3) is 0.250. The van der Waals surface area contributed by atoms with E-state index in [9.17, 15) is 9.59 Å². The molecule has 0 radical (unpaired) electrons. The summed E-state index contributed by atoms with van der Waals surface area (Å²) in [6.45, 7) is 6.39. The summed E-state index contributed by atoms with van der Waals surface area (Å²) in [4.78, 5) is 27.1. The van der Waals surface area contributed by atoms with Crippen molar-refractivity contribution in [3.05, 3.63) is 83.2 Å². The zero-order valence-electron chi connectivity index (χ0n) is 17.2. The number of ether oxygens (including phenoxy) is 1. The Kier molecular flexibility index (Phi) is 5.68. The summed E-state index contributed by atoms with van der Waals surface area (Å²) >= 11 is 0. The standard InChI is InChI=1S/C24H25N3O3/c1-17-6-7-18(2)27(17)22-10-8-19(9-11-22)23(28)25-21-5-3-4-20(16-21)24(29)26-12-14-30-15-13-26/h3-11,16H,12-15H2,1-2H3,(H,25,28). The molecule has 0 unspecified atom stereocenters. The smallest absolute Gasteiger partial charge is 0.255 e. The highest BCUT2D eigenvalue weighted by Gasteiger charge is 2.19. The van der Waals surface area contributed by atoms with Crippen LogP contribution in [0, 0.1) is 13.8 Å². The number of benzene rings is 2. The van der Waals surface area contributed by atoms with Crippen molar-refractivity contribution in [1.29, 1.82) is 0 Å². The molecule has 2 amide bonds. The Hall–Kier alpha value is -3.38. The van der Waals surface area contributed by atoms with Crippen LogP contribution >= 0.6 is 0 Å². The normalized spacial score (nSPS) is 13.9. The van der Waals surface area contributed by atoms with Gasteiger partial charge in [0.25, 0.3) is 11.8 Å². The molecular weight excluding hydrogens is 378 g/mol. The fourth-order valence-electron chi connectivity index (χ4n) is 3.72. The van der Waals surface area contributed by atoms with Crippen molar-refractivity contribution in [2.24, 2.45) is 0 Å². The molecule has 6 heteroatoms. The van der Waals surface area contributed by atoms with Gasteiger partial charge in [-0.15, -0.1) is 0 Å². The second-order valence-electron chi connectivity index (χ2n) is 7.44. The summed E-state index contributed by atoms with van der Waals surface area (Å²) in [5.41, 5.74) is 5.03. The Morgan fingerprint density at radius 3 is 2.20 bits per heavy atom. The molecule has 1 fully saturated rings. The van der Waals surface area contributed by atoms with E-state index in [2.05, 4.69) is 35.9 Å². The molecule has 6 nitrogen and oxygen atoms in total. The van der Waals surface area contributed by atoms with Crippen LogP contribution in [-0.4, -0.2) is 47.6 Å². The quantitative estimate of drug-likeness (QED) is 0.720. The van der Waals surface area contributed by atoms with Gasteiger partial charge in [0.2, 0.25) is 0 Å². The van der Waals surface area contributed by atoms with Gasteiger partial charge in [-0.2, -0.15) is 0 Å². The largest absolute Gasteiger partial charge is 0.378 e. The zero-order chi connectivity index (χ0) is 21.1. The number of aryl methyl sites for hydroxylation is 2. The summed E-state index contributed by atoms with van der Waals surface area (Å²) in [6.07, 6.45) is 0. The molecule has 0 spiro atoms. The summed E-state index contributed by atoms with van der Waals surface area (Å²) in [6, 6.07) is 18.7. The van der Waals surface area contributed by atoms with Crippen molar-refractivity contribution in [2.45, 2.75) is 13.8 Å². The Bertz CT molecular complexity index is 1040. The number of carbonyl (C=O) groups is 2. The molecule has 0 atom stereocenters. The van der Waals surface area contributed by atoms with Crippen LogP contribution in [0.2, 0.25) is 0 Å². The van der Waals surface area contributed by atoms with Crippen LogP contribution in [0.4, 0.5) is 5.69 Å². The molecule has 1 aliphatic rings. The van der Waals surface area contributed by atoms with E-state index < -0.39 is 0 Å². The van der Waals surface area contributed by atoms with Gasteiger partial charge in [-0.1, -0.05) is 6.07 Å². The van der Waals surface area contributed by atoms with Crippen molar-refractivity contribution in [3.63, 3.8) is 0 Å². The van der Waals surface area contributed by atoms with Crippen LogP contribution in [0.5, 0.6) is 0 Å². The monoisotopic (exact) mass is 403 g/mol. The minimum Gasteiger partial charge on any atom is -0.378 e. The third kappa shape index (κ3) is 4.14. The van der Waals surface area contributed by atoms with Gasteiger partial charge in [-0.25, -0.2) is 0 Å². The lowest BCUT2D eigenvalue weighted by atomic mass is 10.1. The minimum absolute atomic E-state index is 0.0452. The van der Waals surface area contributed by atoms with Gasteiger partial charge in [0.15, 0.2) is 0 Å². The molecule has 1 saturated heterocycles. The van der Waals surface area contributed by atoms with E-state index in [0.29, 0.717) is 43.1 Å². The predicted octanol–water partition coefficient (Wildman–Crippen LogP) is 3.82. The first-order valence-corrected chi connectivity index (χ1v) is 10.1. The van der Waals surface area contributed by atoms with Crippen molar-refractivity contribution >= 4 is 17.5 Å². The van der Waals surface area contributed by atoms with Crippen LogP contribution in [0.1, 0.15) is 32.1 Å². The average molecular weight is 403 g/mol. The van der Waals surface area contributed by atoms with E-state index in [0.717, 1.165) is 17.1 Å². The van der Waals surface area contributed by atoms with Crippen LogP contribution in [0.15, 0.2) is 60.7 Å². The van der Waals surface area contributed by atoms with Gasteiger partial charge in [0.1, 0.15) is 0 Å². The van der Waals surface area contributed by atoms with E-state index in [1.165, 1.54) is 0 Å². The van der Waals surface area contributed by atoms with Crippen molar-refractivity contribution in [3.8, 4) is 5.69 Å². The van der Waals surface area contributed by atoms with E-state index in [4.69, 9.17) is 4.74 Å². The van der Waals surface area contributed by atoms with E-state index in [1.807, 2.05) is 24.3 Å². The van der Waals surface area contributed by atoms with E-state index in [1.54, 1.807) is 29.2 Å². The van der Waals surface area contributed by atoms with Gasteiger partial charge >= 0.3 is 0 Å². The Labute approximate surface area is 176 Å². The first-order valence-electron chi connectivity index (χ1n) is 10.1. The molecule has 154 valence electrons. The van der Waals surface area contributed by atoms with Crippen LogP contribution < -0.4 is 5.32 Å². The third-order valence-corrected chi connectivity index (χ3v) is 5.32. The number of hydrogen-bond acceptors (Lipinski definition) is 3. The second kappa shape index (κ2) is 8.55. The maximum atomic E-state index is 12.7. The maximum absolute atomic E-state index is 12.7. The fourth-order valence-corrected chi connectivity index (χ4v) is 3.72. The molecule has 4 rings (SSSR count). The lowest BCUT2D eigenvalue weighted by Crippen LogP contribution is -2.40. The van der Waals surface area contributed by atoms with E-state index in [-0.39, 0.29) is 11.8 Å². The van der Waals surface area contributed by atoms with Crippen molar-refractivity contribution < 1.29 is 14.3 Å². The number of amides is 2. The number of nitrogens with zero attached hydrogens (tertiary/aromatic N) is 2. The summed E-state index contributed by atoms with van der Waals surface area (Å²) < 4.78 is 7.44. The SMILES string of the molecule is Cc1ccc(C)n1-c1ccc(C(=O)Nc2cccc(C(=O)N3CCOCC3)c2)cc1. The summed E-state index contributed by atoms with van der Waals surface area (Å²) in [7, 11) is 0. The lowest BCUT2D eigenvalue weighted by Gasteiger charge is -2.27.